The molecule has 158 valence electrons. The molecule has 0 saturated carbocycles. The summed E-state index contributed by atoms with van der Waals surface area (Å²) in [5.41, 5.74) is 3.55. The highest BCUT2D eigenvalue weighted by atomic mass is 16.5. The molecular weight excluding hydrogens is 382 g/mol. The normalized spacial score (nSPS) is 10.8. The highest BCUT2D eigenvalue weighted by molar-refractivity contribution is 5.91. The quantitative estimate of drug-likeness (QED) is 0.506. The number of ether oxygens (including phenoxy) is 2. The average molecular weight is 409 g/mol. The van der Waals surface area contributed by atoms with E-state index in [0.29, 0.717) is 30.0 Å². The van der Waals surface area contributed by atoms with E-state index < -0.39 is 11.9 Å². The van der Waals surface area contributed by atoms with E-state index >= 15 is 0 Å². The number of nitrogens with one attached hydrogen (secondary N) is 1. The van der Waals surface area contributed by atoms with Crippen LogP contribution in [0.15, 0.2) is 54.6 Å². The Bertz CT molecular complexity index is 883. The highest BCUT2D eigenvalue weighted by Gasteiger charge is 2.06. The Morgan fingerprint density at radius 3 is 2.27 bits per heavy atom. The fourth-order valence-electron chi connectivity index (χ4n) is 2.66. The number of benzene rings is 2. The van der Waals surface area contributed by atoms with Crippen molar-refractivity contribution in [3.63, 3.8) is 0 Å². The van der Waals surface area contributed by atoms with Gasteiger partial charge in [0.15, 0.2) is 6.61 Å². The summed E-state index contributed by atoms with van der Waals surface area (Å²) in [5.74, 6) is -0.908. The zero-order valence-corrected chi connectivity index (χ0v) is 17.5. The Kier molecular flexibility index (Phi) is 8.81. The van der Waals surface area contributed by atoms with Gasteiger partial charge in [0.25, 0.3) is 5.91 Å². The van der Waals surface area contributed by atoms with Gasteiger partial charge in [0.05, 0.1) is 12.7 Å². The molecule has 0 atom stereocenters. The standard InChI is InChI=1S/C24H27NO5/c1-17(2)20-9-4-19(5-10-20)14-15-25-22(26)16-30-23(27)13-8-18-6-11-21(12-7-18)24(28)29-3/h4-13,17H,14-16H2,1-3H3,(H,25,26)/b13-8+. The molecule has 1 N–H and O–H groups in total. The maximum absolute atomic E-state index is 11.8. The van der Waals surface area contributed by atoms with Gasteiger partial charge in [-0.1, -0.05) is 50.2 Å². The van der Waals surface area contributed by atoms with Crippen molar-refractivity contribution < 1.29 is 23.9 Å². The van der Waals surface area contributed by atoms with Crippen molar-refractivity contribution in [2.45, 2.75) is 26.2 Å². The molecule has 0 spiro atoms. The molecular formula is C24H27NO5. The number of carbonyl (C=O) groups is 3. The zero-order chi connectivity index (χ0) is 21.9. The van der Waals surface area contributed by atoms with Gasteiger partial charge in [-0.05, 0) is 47.2 Å². The molecule has 2 rings (SSSR count). The van der Waals surface area contributed by atoms with Crippen molar-refractivity contribution in [3.05, 3.63) is 76.9 Å². The maximum Gasteiger partial charge on any atom is 0.337 e. The van der Waals surface area contributed by atoms with Gasteiger partial charge < -0.3 is 14.8 Å². The molecule has 1 amide bonds. The number of hydrogen-bond acceptors (Lipinski definition) is 5. The summed E-state index contributed by atoms with van der Waals surface area (Å²) in [6.07, 6.45) is 3.48. The molecule has 6 nitrogen and oxygen atoms in total. The third kappa shape index (κ3) is 7.54. The van der Waals surface area contributed by atoms with Crippen LogP contribution in [0.4, 0.5) is 0 Å². The lowest BCUT2D eigenvalue weighted by molar-refractivity contribution is -0.143. The lowest BCUT2D eigenvalue weighted by Crippen LogP contribution is -2.30. The summed E-state index contributed by atoms with van der Waals surface area (Å²) in [4.78, 5) is 35.0. The van der Waals surface area contributed by atoms with Gasteiger partial charge in [-0.15, -0.1) is 0 Å². The Hall–Kier alpha value is -3.41. The highest BCUT2D eigenvalue weighted by Crippen LogP contribution is 2.14. The van der Waals surface area contributed by atoms with Gasteiger partial charge in [-0.3, -0.25) is 4.79 Å². The lowest BCUT2D eigenvalue weighted by Gasteiger charge is -2.08. The third-order valence-electron chi connectivity index (χ3n) is 4.47. The summed E-state index contributed by atoms with van der Waals surface area (Å²) in [6, 6.07) is 14.9. The molecule has 0 aromatic heterocycles. The Balaban J connectivity index is 1.69. The molecule has 0 bridgehead atoms. The van der Waals surface area contributed by atoms with Gasteiger partial charge in [0.1, 0.15) is 0 Å². The van der Waals surface area contributed by atoms with Crippen LogP contribution in [-0.2, 0) is 25.5 Å². The van der Waals surface area contributed by atoms with Gasteiger partial charge in [0.2, 0.25) is 0 Å². The van der Waals surface area contributed by atoms with Crippen LogP contribution >= 0.6 is 0 Å². The molecule has 30 heavy (non-hydrogen) atoms. The second-order valence-corrected chi connectivity index (χ2v) is 7.05. The van der Waals surface area contributed by atoms with Crippen LogP contribution in [0.1, 0.15) is 46.8 Å². The number of methoxy groups -OCH3 is 1. The van der Waals surface area contributed by atoms with Crippen molar-refractivity contribution in [2.24, 2.45) is 0 Å². The summed E-state index contributed by atoms with van der Waals surface area (Å²) in [6.45, 7) is 4.43. The number of carbonyl (C=O) groups excluding carboxylic acids is 3. The molecule has 0 unspecified atom stereocenters. The van der Waals surface area contributed by atoms with E-state index in [1.165, 1.54) is 18.7 Å². The fraction of sp³-hybridized carbons (Fsp3) is 0.292. The summed E-state index contributed by atoms with van der Waals surface area (Å²) in [5, 5.41) is 2.74. The second-order valence-electron chi connectivity index (χ2n) is 7.05. The molecule has 6 heteroatoms. The molecule has 2 aromatic rings. The van der Waals surface area contributed by atoms with Crippen LogP contribution in [0, 0.1) is 0 Å². The molecule has 2 aromatic carbocycles. The third-order valence-corrected chi connectivity index (χ3v) is 4.47. The predicted octanol–water partition coefficient (Wildman–Crippen LogP) is 3.51. The van der Waals surface area contributed by atoms with Gasteiger partial charge in [-0.2, -0.15) is 0 Å². The van der Waals surface area contributed by atoms with Gasteiger partial charge in [0, 0.05) is 12.6 Å². The second kappa shape index (κ2) is 11.6. The average Bonchev–Trinajstić information content (AvgIpc) is 2.76. The Morgan fingerprint density at radius 2 is 1.67 bits per heavy atom. The first kappa shape index (κ1) is 22.9. The molecule has 0 fully saturated rings. The van der Waals surface area contributed by atoms with Crippen LogP contribution in [0.25, 0.3) is 6.08 Å². The minimum Gasteiger partial charge on any atom is -0.465 e. The molecule has 0 aliphatic rings. The van der Waals surface area contributed by atoms with E-state index in [1.54, 1.807) is 30.3 Å². The van der Waals surface area contributed by atoms with E-state index in [-0.39, 0.29) is 12.5 Å². The van der Waals surface area contributed by atoms with Crippen LogP contribution in [0.2, 0.25) is 0 Å². The van der Waals surface area contributed by atoms with Crippen LogP contribution in [0.5, 0.6) is 0 Å². The van der Waals surface area contributed by atoms with Gasteiger partial charge in [-0.25, -0.2) is 9.59 Å². The largest absolute Gasteiger partial charge is 0.465 e. The van der Waals surface area contributed by atoms with Crippen molar-refractivity contribution in [1.29, 1.82) is 0 Å². The molecule has 0 aliphatic carbocycles. The number of esters is 2. The van der Waals surface area contributed by atoms with Crippen molar-refractivity contribution >= 4 is 23.9 Å². The van der Waals surface area contributed by atoms with Crippen molar-refractivity contribution in [3.8, 4) is 0 Å². The predicted molar refractivity (Wildman–Crippen MR) is 115 cm³/mol. The van der Waals surface area contributed by atoms with E-state index in [9.17, 15) is 14.4 Å². The zero-order valence-electron chi connectivity index (χ0n) is 17.5. The summed E-state index contributed by atoms with van der Waals surface area (Å²) >= 11 is 0. The van der Waals surface area contributed by atoms with Crippen molar-refractivity contribution in [2.75, 3.05) is 20.3 Å². The first-order chi connectivity index (χ1) is 14.4. The van der Waals surface area contributed by atoms with E-state index in [0.717, 1.165) is 5.56 Å². The first-order valence-corrected chi connectivity index (χ1v) is 9.77. The lowest BCUT2D eigenvalue weighted by atomic mass is 10.0. The van der Waals surface area contributed by atoms with Crippen LogP contribution in [0.3, 0.4) is 0 Å². The topological polar surface area (TPSA) is 81.7 Å². The maximum atomic E-state index is 11.8. The fourth-order valence-corrected chi connectivity index (χ4v) is 2.66. The molecule has 0 aliphatic heterocycles. The monoisotopic (exact) mass is 409 g/mol. The van der Waals surface area contributed by atoms with E-state index in [2.05, 4.69) is 48.2 Å². The SMILES string of the molecule is COC(=O)c1ccc(/C=C/C(=O)OCC(=O)NCCc2ccc(C(C)C)cc2)cc1. The van der Waals surface area contributed by atoms with Crippen LogP contribution in [-0.4, -0.2) is 38.1 Å². The minimum atomic E-state index is -0.619. The summed E-state index contributed by atoms with van der Waals surface area (Å²) < 4.78 is 9.56. The molecule has 0 heterocycles. The smallest absolute Gasteiger partial charge is 0.337 e. The number of hydrogen-bond donors (Lipinski definition) is 1. The summed E-state index contributed by atoms with van der Waals surface area (Å²) in [7, 11) is 1.31. The Labute approximate surface area is 176 Å². The van der Waals surface area contributed by atoms with Crippen molar-refractivity contribution in [1.82, 2.24) is 5.32 Å². The minimum absolute atomic E-state index is 0.337. The number of amides is 1. The van der Waals surface area contributed by atoms with E-state index in [1.807, 2.05) is 0 Å². The Morgan fingerprint density at radius 1 is 1.00 bits per heavy atom. The van der Waals surface area contributed by atoms with E-state index in [4.69, 9.17) is 4.74 Å². The molecule has 0 saturated heterocycles. The van der Waals surface area contributed by atoms with Gasteiger partial charge >= 0.3 is 11.9 Å². The number of rotatable bonds is 9. The van der Waals surface area contributed by atoms with Crippen LogP contribution < -0.4 is 5.32 Å². The first-order valence-electron chi connectivity index (χ1n) is 9.77. The molecule has 0 radical (unpaired) electrons.